The van der Waals surface area contributed by atoms with Crippen LogP contribution in [0.15, 0.2) is 36.8 Å². The van der Waals surface area contributed by atoms with E-state index in [0.717, 1.165) is 42.7 Å². The minimum absolute atomic E-state index is 0.0344. The van der Waals surface area contributed by atoms with Crippen molar-refractivity contribution in [3.05, 3.63) is 36.8 Å². The van der Waals surface area contributed by atoms with Gasteiger partial charge in [-0.3, -0.25) is 4.79 Å². The van der Waals surface area contributed by atoms with Crippen LogP contribution in [-0.2, 0) is 18.8 Å². The fraction of sp³-hybridized carbons (Fsp3) is 0.633. The van der Waals surface area contributed by atoms with E-state index in [-0.39, 0.29) is 30.8 Å². The molecule has 10 heteroatoms. The first kappa shape index (κ1) is 37.2. The Morgan fingerprint density at radius 2 is 1.50 bits per heavy atom. The van der Waals surface area contributed by atoms with Crippen molar-refractivity contribution in [2.45, 2.75) is 99.7 Å². The van der Waals surface area contributed by atoms with E-state index in [0.29, 0.717) is 0 Å². The molecule has 2 aromatic rings. The van der Waals surface area contributed by atoms with Gasteiger partial charge in [-0.1, -0.05) is 72.2 Å². The van der Waals surface area contributed by atoms with Gasteiger partial charge in [-0.2, -0.15) is 0 Å². The molecule has 2 aliphatic rings. The van der Waals surface area contributed by atoms with Crippen molar-refractivity contribution in [3.63, 3.8) is 0 Å². The van der Waals surface area contributed by atoms with E-state index in [1.807, 2.05) is 58.2 Å². The Morgan fingerprint density at radius 3 is 1.93 bits per heavy atom. The number of rotatable bonds is 4. The molecule has 40 heavy (non-hydrogen) atoms. The van der Waals surface area contributed by atoms with Crippen LogP contribution in [0.25, 0.3) is 11.3 Å². The van der Waals surface area contributed by atoms with Crippen LogP contribution in [0.4, 0.5) is 4.79 Å². The summed E-state index contributed by atoms with van der Waals surface area (Å²) in [4.78, 5) is 30.8. The molecule has 0 aliphatic carbocycles. The quantitative estimate of drug-likeness (QED) is 0.458. The Morgan fingerprint density at radius 1 is 1.00 bits per heavy atom. The van der Waals surface area contributed by atoms with E-state index >= 15 is 0 Å². The number of nitrogens with one attached hydrogen (secondary N) is 2. The van der Waals surface area contributed by atoms with Crippen molar-refractivity contribution in [1.82, 2.24) is 20.2 Å². The van der Waals surface area contributed by atoms with Crippen LogP contribution >= 0.6 is 0 Å². The number of aromatic amines is 1. The van der Waals surface area contributed by atoms with Crippen LogP contribution in [0.5, 0.6) is 0 Å². The normalized spacial score (nSPS) is 16.0. The standard InChI is InChI=1S/C15H19BN2O2.C8H14N2O3.C3H8.2C2H6/c1-14(2)15(3,4)20-16(19-14)12-7-5-11(6-8-12)13-9-17-10-18-13;1-13-8(12)9-6-7(11)10-4-2-3-5-10;1-3-2;2*1-2/h5-10H,1-4H3,(H,17,18);2-6H2,1H3,(H,9,12);3H2,1-2H3;2*1-2H3. The lowest BCUT2D eigenvalue weighted by Crippen LogP contribution is -2.41. The first-order valence-corrected chi connectivity index (χ1v) is 14.6. The van der Waals surface area contributed by atoms with E-state index in [1.54, 1.807) is 11.2 Å². The van der Waals surface area contributed by atoms with Gasteiger partial charge in [0.15, 0.2) is 0 Å². The average Bonchev–Trinajstić information content (AvgIpc) is 3.72. The maximum atomic E-state index is 11.3. The van der Waals surface area contributed by atoms with Crippen LogP contribution in [0, 0.1) is 0 Å². The van der Waals surface area contributed by atoms with Crippen LogP contribution in [0.3, 0.4) is 0 Å². The van der Waals surface area contributed by atoms with Gasteiger partial charge in [0.1, 0.15) is 6.54 Å². The van der Waals surface area contributed by atoms with Gasteiger partial charge in [-0.15, -0.1) is 0 Å². The number of amides is 2. The lowest BCUT2D eigenvalue weighted by Gasteiger charge is -2.32. The van der Waals surface area contributed by atoms with Gasteiger partial charge in [0, 0.05) is 13.1 Å². The predicted octanol–water partition coefficient (Wildman–Crippen LogP) is 5.81. The van der Waals surface area contributed by atoms with Crippen LogP contribution in [-0.4, -0.2) is 71.9 Å². The summed E-state index contributed by atoms with van der Waals surface area (Å²) >= 11 is 0. The fourth-order valence-electron chi connectivity index (χ4n) is 3.51. The van der Waals surface area contributed by atoms with Crippen LogP contribution in [0.2, 0.25) is 0 Å². The van der Waals surface area contributed by atoms with Gasteiger partial charge in [0.25, 0.3) is 0 Å². The Balaban J connectivity index is 0.000000658. The first-order chi connectivity index (χ1) is 19.0. The van der Waals surface area contributed by atoms with Gasteiger partial charge >= 0.3 is 13.2 Å². The number of H-pyrrole nitrogens is 1. The van der Waals surface area contributed by atoms with E-state index in [9.17, 15) is 9.59 Å². The van der Waals surface area contributed by atoms with E-state index in [2.05, 4.69) is 61.6 Å². The second-order valence-electron chi connectivity index (χ2n) is 9.82. The highest BCUT2D eigenvalue weighted by Gasteiger charge is 2.51. The topological polar surface area (TPSA) is 106 Å². The molecule has 2 amide bonds. The largest absolute Gasteiger partial charge is 0.494 e. The lowest BCUT2D eigenvalue weighted by atomic mass is 9.79. The minimum Gasteiger partial charge on any atom is -0.453 e. The molecule has 226 valence electrons. The molecule has 0 radical (unpaired) electrons. The molecule has 9 nitrogen and oxygen atoms in total. The Hall–Kier alpha value is -2.85. The molecular weight excluding hydrogens is 507 g/mol. The molecule has 1 aromatic heterocycles. The molecule has 1 aromatic carbocycles. The number of imidazole rings is 1. The fourth-order valence-corrected chi connectivity index (χ4v) is 3.51. The Labute approximate surface area is 242 Å². The van der Waals surface area contributed by atoms with Crippen molar-refractivity contribution in [3.8, 4) is 11.3 Å². The number of carbonyl (C=O) groups excluding carboxylic acids is 2. The molecular formula is C30H53BN4O5. The Bertz CT molecular complexity index is 928. The lowest BCUT2D eigenvalue weighted by molar-refractivity contribution is -0.129. The van der Waals surface area contributed by atoms with E-state index in [1.165, 1.54) is 13.5 Å². The zero-order valence-electron chi connectivity index (χ0n) is 26.7. The first-order valence-electron chi connectivity index (χ1n) is 14.6. The second kappa shape index (κ2) is 19.3. The van der Waals surface area contributed by atoms with E-state index < -0.39 is 6.09 Å². The second-order valence-corrected chi connectivity index (χ2v) is 9.82. The number of methoxy groups -OCH3 is 1. The van der Waals surface area contributed by atoms with Crippen molar-refractivity contribution in [2.75, 3.05) is 26.7 Å². The number of benzene rings is 1. The average molecular weight is 561 g/mol. The summed E-state index contributed by atoms with van der Waals surface area (Å²) in [5.74, 6) is -0.0390. The summed E-state index contributed by atoms with van der Waals surface area (Å²) in [5.41, 5.74) is 2.53. The number of hydrogen-bond acceptors (Lipinski definition) is 6. The van der Waals surface area contributed by atoms with Crippen molar-refractivity contribution >= 4 is 24.6 Å². The van der Waals surface area contributed by atoms with Crippen LogP contribution < -0.4 is 10.8 Å². The minimum atomic E-state index is -0.562. The molecule has 0 atom stereocenters. The molecule has 2 fully saturated rings. The number of alkyl carbamates (subject to hydrolysis) is 1. The molecule has 2 N–H and O–H groups in total. The zero-order chi connectivity index (χ0) is 30.8. The molecule has 4 rings (SSSR count). The highest BCUT2D eigenvalue weighted by Crippen LogP contribution is 2.36. The molecule has 0 spiro atoms. The summed E-state index contributed by atoms with van der Waals surface area (Å²) in [5, 5.41) is 2.36. The van der Waals surface area contributed by atoms with Gasteiger partial charge < -0.3 is 29.2 Å². The van der Waals surface area contributed by atoms with Crippen LogP contribution in [0.1, 0.15) is 88.5 Å². The highest BCUT2D eigenvalue weighted by molar-refractivity contribution is 6.62. The number of ether oxygens (including phenoxy) is 1. The number of nitrogens with zero attached hydrogens (tertiary/aromatic N) is 2. The molecule has 2 saturated heterocycles. The summed E-state index contributed by atoms with van der Waals surface area (Å²) in [6.45, 7) is 22.1. The molecule has 3 heterocycles. The van der Waals surface area contributed by atoms with Gasteiger partial charge in [-0.25, -0.2) is 9.78 Å². The van der Waals surface area contributed by atoms with Gasteiger partial charge in [0.2, 0.25) is 5.91 Å². The maximum absolute atomic E-state index is 11.3. The molecule has 0 unspecified atom stereocenters. The number of carbonyl (C=O) groups is 2. The van der Waals surface area contributed by atoms with Gasteiger partial charge in [-0.05, 0) is 51.6 Å². The van der Waals surface area contributed by atoms with Crippen molar-refractivity contribution in [1.29, 1.82) is 0 Å². The maximum Gasteiger partial charge on any atom is 0.494 e. The van der Waals surface area contributed by atoms with Gasteiger partial charge in [0.05, 0.1) is 36.5 Å². The number of aromatic nitrogens is 2. The van der Waals surface area contributed by atoms with Crippen molar-refractivity contribution in [2.24, 2.45) is 0 Å². The molecule has 2 aliphatic heterocycles. The SMILES string of the molecule is CC.CC.CC1(C)OB(c2ccc(-c3cnc[nH]3)cc2)OC1(C)C.CCC.COC(=O)NCC(=O)N1CCCC1. The summed E-state index contributed by atoms with van der Waals surface area (Å²) in [6.07, 6.45) is 6.29. The third-order valence-electron chi connectivity index (χ3n) is 6.27. The smallest absolute Gasteiger partial charge is 0.453 e. The Kier molecular flexibility index (Phi) is 17.9. The zero-order valence-corrected chi connectivity index (χ0v) is 26.7. The van der Waals surface area contributed by atoms with Crippen molar-refractivity contribution < 1.29 is 23.6 Å². The summed E-state index contributed by atoms with van der Waals surface area (Å²) in [7, 11) is 0.964. The highest BCUT2D eigenvalue weighted by atomic mass is 16.7. The monoisotopic (exact) mass is 560 g/mol. The summed E-state index contributed by atoms with van der Waals surface area (Å²) in [6, 6.07) is 8.18. The molecule has 0 bridgehead atoms. The third-order valence-corrected chi connectivity index (χ3v) is 6.27. The molecule has 0 saturated carbocycles. The summed E-state index contributed by atoms with van der Waals surface area (Å²) < 4.78 is 16.4. The van der Waals surface area contributed by atoms with E-state index in [4.69, 9.17) is 9.31 Å². The predicted molar refractivity (Wildman–Crippen MR) is 165 cm³/mol. The number of hydrogen-bond donors (Lipinski definition) is 2. The third kappa shape index (κ3) is 11.7. The number of likely N-dealkylation sites (tertiary alicyclic amines) is 1.